The van der Waals surface area contributed by atoms with Gasteiger partial charge in [0, 0.05) is 28.7 Å². The molecule has 0 unspecified atom stereocenters. The van der Waals surface area contributed by atoms with Crippen LogP contribution in [0.15, 0.2) is 18.2 Å². The predicted molar refractivity (Wildman–Crippen MR) is 87.4 cm³/mol. The predicted octanol–water partition coefficient (Wildman–Crippen LogP) is 0.885. The van der Waals surface area contributed by atoms with Gasteiger partial charge in [-0.2, -0.15) is 0 Å². The lowest BCUT2D eigenvalue weighted by Gasteiger charge is -2.10. The fourth-order valence-electron chi connectivity index (χ4n) is 3.07. The average molecular weight is 315 g/mol. The molecule has 0 fully saturated rings. The van der Waals surface area contributed by atoms with E-state index < -0.39 is 0 Å². The van der Waals surface area contributed by atoms with E-state index in [-0.39, 0.29) is 31.5 Å². The van der Waals surface area contributed by atoms with Crippen molar-refractivity contribution in [3.8, 4) is 0 Å². The van der Waals surface area contributed by atoms with Gasteiger partial charge in [-0.05, 0) is 49.4 Å². The zero-order chi connectivity index (χ0) is 16.2. The van der Waals surface area contributed by atoms with E-state index in [4.69, 9.17) is 5.11 Å². The lowest BCUT2D eigenvalue weighted by atomic mass is 9.95. The van der Waals surface area contributed by atoms with E-state index in [1.807, 2.05) is 12.1 Å². The third-order valence-corrected chi connectivity index (χ3v) is 4.20. The number of carbonyl (C=O) groups excluding carboxylic acids is 2. The molecule has 1 aromatic carbocycles. The van der Waals surface area contributed by atoms with Crippen LogP contribution in [-0.2, 0) is 17.6 Å². The summed E-state index contributed by atoms with van der Waals surface area (Å²) in [5.41, 5.74) is 4.22. The van der Waals surface area contributed by atoms with Crippen LogP contribution in [0.1, 0.15) is 34.5 Å². The fourth-order valence-corrected chi connectivity index (χ4v) is 3.07. The maximum absolute atomic E-state index is 12.2. The molecular formula is C17H21N3O3. The van der Waals surface area contributed by atoms with Gasteiger partial charge in [0.2, 0.25) is 5.91 Å². The van der Waals surface area contributed by atoms with Crippen molar-refractivity contribution >= 4 is 22.7 Å². The van der Waals surface area contributed by atoms with Crippen molar-refractivity contribution in [3.63, 3.8) is 0 Å². The van der Waals surface area contributed by atoms with E-state index in [1.54, 1.807) is 6.07 Å². The molecule has 2 amide bonds. The summed E-state index contributed by atoms with van der Waals surface area (Å²) < 4.78 is 0. The molecule has 0 saturated carbocycles. The van der Waals surface area contributed by atoms with Crippen LogP contribution in [0.3, 0.4) is 0 Å². The standard InChI is InChI=1S/C17H21N3O3/c21-8-7-18-16(22)10-19-17(23)11-5-6-15-13(9-11)12-3-1-2-4-14(12)20-15/h5-6,9,20-21H,1-4,7-8,10H2,(H,18,22)(H,19,23). The number of aliphatic hydroxyl groups excluding tert-OH is 1. The zero-order valence-electron chi connectivity index (χ0n) is 12.9. The molecule has 4 N–H and O–H groups in total. The van der Waals surface area contributed by atoms with E-state index in [0.29, 0.717) is 5.56 Å². The first-order valence-electron chi connectivity index (χ1n) is 7.98. The van der Waals surface area contributed by atoms with Crippen LogP contribution in [0.5, 0.6) is 0 Å². The summed E-state index contributed by atoms with van der Waals surface area (Å²) in [6.07, 6.45) is 4.50. The first-order chi connectivity index (χ1) is 11.2. The lowest BCUT2D eigenvalue weighted by molar-refractivity contribution is -0.120. The summed E-state index contributed by atoms with van der Waals surface area (Å²) in [5, 5.41) is 14.8. The minimum atomic E-state index is -0.312. The molecule has 0 bridgehead atoms. The van der Waals surface area contributed by atoms with Crippen LogP contribution < -0.4 is 10.6 Å². The van der Waals surface area contributed by atoms with E-state index >= 15 is 0 Å². The number of fused-ring (bicyclic) bond motifs is 3. The normalized spacial score (nSPS) is 13.6. The molecule has 1 aliphatic carbocycles. The van der Waals surface area contributed by atoms with E-state index in [1.165, 1.54) is 24.1 Å². The Morgan fingerprint density at radius 1 is 1.17 bits per heavy atom. The van der Waals surface area contributed by atoms with Crippen LogP contribution >= 0.6 is 0 Å². The van der Waals surface area contributed by atoms with Gasteiger partial charge in [0.05, 0.1) is 13.2 Å². The molecule has 122 valence electrons. The largest absolute Gasteiger partial charge is 0.395 e. The molecule has 0 saturated heterocycles. The Balaban J connectivity index is 1.72. The summed E-state index contributed by atoms with van der Waals surface area (Å²) in [6, 6.07) is 5.59. The number of H-pyrrole nitrogens is 1. The molecule has 2 aromatic rings. The third kappa shape index (κ3) is 3.37. The number of nitrogens with one attached hydrogen (secondary N) is 3. The molecule has 1 aliphatic rings. The Morgan fingerprint density at radius 3 is 2.83 bits per heavy atom. The topological polar surface area (TPSA) is 94.2 Å². The van der Waals surface area contributed by atoms with Gasteiger partial charge in [0.25, 0.3) is 5.91 Å². The van der Waals surface area contributed by atoms with E-state index in [9.17, 15) is 9.59 Å². The highest BCUT2D eigenvalue weighted by Gasteiger charge is 2.17. The monoisotopic (exact) mass is 315 g/mol. The van der Waals surface area contributed by atoms with E-state index in [0.717, 1.165) is 23.7 Å². The molecule has 0 aliphatic heterocycles. The molecule has 1 aromatic heterocycles. The molecule has 6 heteroatoms. The quantitative estimate of drug-likeness (QED) is 0.660. The van der Waals surface area contributed by atoms with Crippen LogP contribution in [0.25, 0.3) is 10.9 Å². The SMILES string of the molecule is O=C(CNC(=O)c1ccc2[nH]c3c(c2c1)CCCC3)NCCO. The molecule has 0 radical (unpaired) electrons. The van der Waals surface area contributed by atoms with Crippen molar-refractivity contribution in [2.45, 2.75) is 25.7 Å². The number of aromatic amines is 1. The summed E-state index contributed by atoms with van der Waals surface area (Å²) in [6.45, 7) is -0.0206. The van der Waals surface area contributed by atoms with Crippen LogP contribution in [0.4, 0.5) is 0 Å². The molecule has 0 spiro atoms. The molecule has 0 atom stereocenters. The number of aryl methyl sites for hydroxylation is 2. The van der Waals surface area contributed by atoms with Crippen molar-refractivity contribution in [2.75, 3.05) is 19.7 Å². The second-order valence-electron chi connectivity index (χ2n) is 5.81. The number of aromatic nitrogens is 1. The minimum absolute atomic E-state index is 0.0951. The smallest absolute Gasteiger partial charge is 0.251 e. The molecule has 6 nitrogen and oxygen atoms in total. The van der Waals surface area contributed by atoms with Crippen molar-refractivity contribution in [1.29, 1.82) is 0 Å². The van der Waals surface area contributed by atoms with Crippen LogP contribution in [-0.4, -0.2) is 41.6 Å². The van der Waals surface area contributed by atoms with Gasteiger partial charge in [-0.15, -0.1) is 0 Å². The number of amides is 2. The molecule has 23 heavy (non-hydrogen) atoms. The summed E-state index contributed by atoms with van der Waals surface area (Å²) in [7, 11) is 0. The second kappa shape index (κ2) is 6.83. The van der Waals surface area contributed by atoms with Gasteiger partial charge in [0.1, 0.15) is 0 Å². The highest BCUT2D eigenvalue weighted by atomic mass is 16.3. The Hall–Kier alpha value is -2.34. The molecule has 3 rings (SSSR count). The first kappa shape index (κ1) is 15.6. The highest BCUT2D eigenvalue weighted by molar-refractivity contribution is 6.00. The lowest BCUT2D eigenvalue weighted by Crippen LogP contribution is -2.37. The van der Waals surface area contributed by atoms with Gasteiger partial charge in [-0.3, -0.25) is 9.59 Å². The van der Waals surface area contributed by atoms with Crippen molar-refractivity contribution in [1.82, 2.24) is 15.6 Å². The fraction of sp³-hybridized carbons (Fsp3) is 0.412. The van der Waals surface area contributed by atoms with E-state index in [2.05, 4.69) is 15.6 Å². The summed E-state index contributed by atoms with van der Waals surface area (Å²) in [5.74, 6) is -0.579. The number of benzene rings is 1. The van der Waals surface area contributed by atoms with Crippen molar-refractivity contribution < 1.29 is 14.7 Å². The Morgan fingerprint density at radius 2 is 2.00 bits per heavy atom. The first-order valence-corrected chi connectivity index (χ1v) is 7.98. The van der Waals surface area contributed by atoms with Crippen LogP contribution in [0, 0.1) is 0 Å². The summed E-state index contributed by atoms with van der Waals surface area (Å²) >= 11 is 0. The number of hydrogen-bond donors (Lipinski definition) is 4. The van der Waals surface area contributed by atoms with Gasteiger partial charge < -0.3 is 20.7 Å². The number of rotatable bonds is 5. The van der Waals surface area contributed by atoms with Crippen molar-refractivity contribution in [3.05, 3.63) is 35.0 Å². The van der Waals surface area contributed by atoms with Gasteiger partial charge in [-0.1, -0.05) is 0 Å². The minimum Gasteiger partial charge on any atom is -0.395 e. The summed E-state index contributed by atoms with van der Waals surface area (Å²) in [4.78, 5) is 27.1. The number of carbonyl (C=O) groups is 2. The Kier molecular flexibility index (Phi) is 4.62. The highest BCUT2D eigenvalue weighted by Crippen LogP contribution is 2.29. The van der Waals surface area contributed by atoms with Gasteiger partial charge >= 0.3 is 0 Å². The second-order valence-corrected chi connectivity index (χ2v) is 5.81. The third-order valence-electron chi connectivity index (χ3n) is 4.20. The number of hydrogen-bond acceptors (Lipinski definition) is 3. The van der Waals surface area contributed by atoms with Gasteiger partial charge in [-0.25, -0.2) is 0 Å². The maximum Gasteiger partial charge on any atom is 0.251 e. The average Bonchev–Trinajstić information content (AvgIpc) is 2.95. The maximum atomic E-state index is 12.2. The van der Waals surface area contributed by atoms with Crippen LogP contribution in [0.2, 0.25) is 0 Å². The Bertz CT molecular complexity index is 736. The zero-order valence-corrected chi connectivity index (χ0v) is 12.9. The Labute approximate surface area is 134 Å². The van der Waals surface area contributed by atoms with Crippen molar-refractivity contribution in [2.24, 2.45) is 0 Å². The number of aliphatic hydroxyl groups is 1. The van der Waals surface area contributed by atoms with Gasteiger partial charge in [0.15, 0.2) is 0 Å². The molecular weight excluding hydrogens is 294 g/mol. The molecule has 1 heterocycles.